The van der Waals surface area contributed by atoms with Crippen LogP contribution in [0, 0.1) is 0 Å². The van der Waals surface area contributed by atoms with E-state index in [1.54, 1.807) is 12.0 Å². The number of aromatic nitrogens is 2. The number of para-hydroxylation sites is 1. The Hall–Kier alpha value is -2.70. The van der Waals surface area contributed by atoms with Crippen molar-refractivity contribution in [3.05, 3.63) is 70.3 Å². The summed E-state index contributed by atoms with van der Waals surface area (Å²) in [6, 6.07) is 16.1. The van der Waals surface area contributed by atoms with Crippen molar-refractivity contribution in [3.63, 3.8) is 0 Å². The summed E-state index contributed by atoms with van der Waals surface area (Å²) in [6.07, 6.45) is 0. The molecule has 0 spiro atoms. The molecule has 0 amide bonds. The van der Waals surface area contributed by atoms with Crippen molar-refractivity contribution < 1.29 is 14.5 Å². The molecule has 0 aliphatic carbocycles. The molecule has 0 radical (unpaired) electrons. The van der Waals surface area contributed by atoms with Crippen molar-refractivity contribution >= 4 is 10.9 Å². The van der Waals surface area contributed by atoms with E-state index in [9.17, 15) is 4.79 Å². The average molecular weight is 380 g/mol. The normalized spacial score (nSPS) is 20.8. The number of H-pyrrole nitrogens is 1. The molecule has 1 saturated heterocycles. The summed E-state index contributed by atoms with van der Waals surface area (Å²) in [7, 11) is 1.70. The third-order valence-electron chi connectivity index (χ3n) is 5.87. The fourth-order valence-corrected chi connectivity index (χ4v) is 4.07. The maximum Gasteiger partial charge on any atom is 0.258 e. The van der Waals surface area contributed by atoms with Crippen LogP contribution in [0.25, 0.3) is 10.9 Å². The Morgan fingerprint density at radius 2 is 1.79 bits per heavy atom. The van der Waals surface area contributed by atoms with Crippen LogP contribution in [-0.4, -0.2) is 43.3 Å². The number of nitrogens with one attached hydrogen (secondary N) is 3. The molecule has 2 aromatic carbocycles. The third kappa shape index (κ3) is 3.93. The predicted octanol–water partition coefficient (Wildman–Crippen LogP) is -0.0237. The van der Waals surface area contributed by atoms with Gasteiger partial charge in [0.05, 0.1) is 18.0 Å². The molecule has 28 heavy (non-hydrogen) atoms. The zero-order valence-corrected chi connectivity index (χ0v) is 16.5. The molecule has 6 heteroatoms. The van der Waals surface area contributed by atoms with Gasteiger partial charge in [0.1, 0.15) is 44.5 Å². The highest BCUT2D eigenvalue weighted by Gasteiger charge is 2.29. The third-order valence-corrected chi connectivity index (χ3v) is 5.87. The van der Waals surface area contributed by atoms with Crippen molar-refractivity contribution in [2.24, 2.45) is 0 Å². The van der Waals surface area contributed by atoms with Crippen molar-refractivity contribution in [2.75, 3.05) is 33.3 Å². The lowest BCUT2D eigenvalue weighted by molar-refractivity contribution is -1.03. The molecular weight excluding hydrogens is 352 g/mol. The van der Waals surface area contributed by atoms with Gasteiger partial charge >= 0.3 is 0 Å². The van der Waals surface area contributed by atoms with Crippen LogP contribution in [-0.2, 0) is 6.54 Å². The number of ether oxygens (including phenoxy) is 1. The first-order valence-corrected chi connectivity index (χ1v) is 9.94. The lowest BCUT2D eigenvalue weighted by Crippen LogP contribution is -3.27. The van der Waals surface area contributed by atoms with E-state index in [4.69, 9.17) is 9.72 Å². The van der Waals surface area contributed by atoms with E-state index in [1.807, 2.05) is 36.4 Å². The second kappa shape index (κ2) is 8.12. The van der Waals surface area contributed by atoms with Crippen molar-refractivity contribution in [1.82, 2.24) is 9.97 Å². The van der Waals surface area contributed by atoms with Crippen LogP contribution in [0.3, 0.4) is 0 Å². The summed E-state index contributed by atoms with van der Waals surface area (Å²) < 4.78 is 5.24. The van der Waals surface area contributed by atoms with Gasteiger partial charge in [-0.25, -0.2) is 4.98 Å². The summed E-state index contributed by atoms with van der Waals surface area (Å²) in [6.45, 7) is 7.58. The van der Waals surface area contributed by atoms with Crippen LogP contribution in [0.4, 0.5) is 0 Å². The monoisotopic (exact) mass is 380 g/mol. The molecular formula is C22H28N4O2+2. The number of quaternary nitrogens is 2. The Bertz CT molecular complexity index is 991. The Balaban J connectivity index is 1.39. The van der Waals surface area contributed by atoms with E-state index in [2.05, 4.69) is 24.0 Å². The number of benzene rings is 2. The number of hydrogen-bond donors (Lipinski definition) is 3. The van der Waals surface area contributed by atoms with Gasteiger partial charge in [-0.2, -0.15) is 0 Å². The number of fused-ring (bicyclic) bond motifs is 1. The first-order chi connectivity index (χ1) is 13.6. The standard InChI is InChI=1S/C22H26N4O2/c1-16(21-23-20-6-4-3-5-19(20)22(27)24-21)26-13-11-25(12-14-26)15-17-7-9-18(28-2)10-8-17/h3-10,16H,11-15H2,1-2H3,(H,23,24,27)/p+2/t16-/m0/s1. The Morgan fingerprint density at radius 1 is 1.07 bits per heavy atom. The fourth-order valence-electron chi connectivity index (χ4n) is 4.07. The molecule has 2 heterocycles. The molecule has 3 aromatic rings. The quantitative estimate of drug-likeness (QED) is 0.583. The number of nitrogens with zero attached hydrogens (tertiary/aromatic N) is 1. The van der Waals surface area contributed by atoms with Gasteiger partial charge in [0.25, 0.3) is 5.56 Å². The van der Waals surface area contributed by atoms with Crippen LogP contribution in [0.2, 0.25) is 0 Å². The van der Waals surface area contributed by atoms with Crippen LogP contribution < -0.4 is 20.1 Å². The molecule has 0 unspecified atom stereocenters. The lowest BCUT2D eigenvalue weighted by atomic mass is 10.1. The van der Waals surface area contributed by atoms with Gasteiger partial charge in [-0.1, -0.05) is 12.1 Å². The van der Waals surface area contributed by atoms with Gasteiger partial charge in [0.15, 0.2) is 5.82 Å². The highest BCUT2D eigenvalue weighted by atomic mass is 16.5. The Kier molecular flexibility index (Phi) is 5.41. The number of piperazine rings is 1. The largest absolute Gasteiger partial charge is 0.497 e. The van der Waals surface area contributed by atoms with Gasteiger partial charge in [-0.15, -0.1) is 0 Å². The van der Waals surface area contributed by atoms with Gasteiger partial charge in [0, 0.05) is 5.56 Å². The molecule has 1 atom stereocenters. The molecule has 0 bridgehead atoms. The second-order valence-electron chi connectivity index (χ2n) is 7.62. The minimum atomic E-state index is -0.0457. The second-order valence-corrected chi connectivity index (χ2v) is 7.62. The molecule has 0 saturated carbocycles. The SMILES string of the molecule is COc1ccc(C[NH+]2CC[NH+]([C@@H](C)c3nc4ccccc4c(=O)[nH]3)CC2)cc1. The number of rotatable bonds is 5. The van der Waals surface area contributed by atoms with Crippen LogP contribution in [0.5, 0.6) is 5.75 Å². The summed E-state index contributed by atoms with van der Waals surface area (Å²) >= 11 is 0. The van der Waals surface area contributed by atoms with E-state index < -0.39 is 0 Å². The minimum Gasteiger partial charge on any atom is -0.497 e. The molecule has 6 nitrogen and oxygen atoms in total. The van der Waals surface area contributed by atoms with Crippen molar-refractivity contribution in [2.45, 2.75) is 19.5 Å². The van der Waals surface area contributed by atoms with Crippen molar-refractivity contribution in [3.8, 4) is 5.75 Å². The fraction of sp³-hybridized carbons (Fsp3) is 0.364. The van der Waals surface area contributed by atoms with Crippen LogP contribution in [0.1, 0.15) is 24.4 Å². The molecule has 1 aliphatic heterocycles. The number of methoxy groups -OCH3 is 1. The van der Waals surface area contributed by atoms with E-state index in [0.29, 0.717) is 5.39 Å². The lowest BCUT2D eigenvalue weighted by Gasteiger charge is -2.32. The van der Waals surface area contributed by atoms with E-state index in [-0.39, 0.29) is 11.6 Å². The van der Waals surface area contributed by atoms with E-state index >= 15 is 0 Å². The predicted molar refractivity (Wildman–Crippen MR) is 109 cm³/mol. The van der Waals surface area contributed by atoms with Gasteiger partial charge in [-0.3, -0.25) is 4.79 Å². The van der Waals surface area contributed by atoms with E-state index in [0.717, 1.165) is 49.8 Å². The molecule has 4 rings (SSSR count). The topological polar surface area (TPSA) is 63.9 Å². The Morgan fingerprint density at radius 3 is 2.50 bits per heavy atom. The van der Waals surface area contributed by atoms with Gasteiger partial charge in [-0.05, 0) is 43.3 Å². The first-order valence-electron chi connectivity index (χ1n) is 9.94. The highest BCUT2D eigenvalue weighted by molar-refractivity contribution is 5.77. The van der Waals surface area contributed by atoms with Gasteiger partial charge in [0.2, 0.25) is 0 Å². The maximum atomic E-state index is 12.4. The Labute approximate surface area is 164 Å². The van der Waals surface area contributed by atoms with Gasteiger partial charge < -0.3 is 19.5 Å². The summed E-state index contributed by atoms with van der Waals surface area (Å²) in [5.41, 5.74) is 2.07. The molecule has 1 fully saturated rings. The molecule has 146 valence electrons. The molecule has 1 aromatic heterocycles. The zero-order chi connectivity index (χ0) is 19.5. The molecule has 1 aliphatic rings. The highest BCUT2D eigenvalue weighted by Crippen LogP contribution is 2.11. The van der Waals surface area contributed by atoms with E-state index in [1.165, 1.54) is 10.5 Å². The number of aromatic amines is 1. The van der Waals surface area contributed by atoms with Crippen molar-refractivity contribution in [1.29, 1.82) is 0 Å². The summed E-state index contributed by atoms with van der Waals surface area (Å²) in [5, 5.41) is 0.655. The smallest absolute Gasteiger partial charge is 0.258 e. The number of hydrogen-bond acceptors (Lipinski definition) is 3. The van der Waals surface area contributed by atoms with Crippen LogP contribution in [0.15, 0.2) is 53.3 Å². The summed E-state index contributed by atoms with van der Waals surface area (Å²) in [5.74, 6) is 1.69. The summed E-state index contributed by atoms with van der Waals surface area (Å²) in [4.78, 5) is 23.2. The van der Waals surface area contributed by atoms with Crippen LogP contribution >= 0.6 is 0 Å². The average Bonchev–Trinajstić information content (AvgIpc) is 2.74. The maximum absolute atomic E-state index is 12.4. The zero-order valence-electron chi connectivity index (χ0n) is 16.5. The minimum absolute atomic E-state index is 0.0457. The molecule has 3 N–H and O–H groups in total. The first kappa shape index (κ1) is 18.7.